The van der Waals surface area contributed by atoms with Gasteiger partial charge in [-0.05, 0) is 32.1 Å². The summed E-state index contributed by atoms with van der Waals surface area (Å²) in [4.78, 5) is 7.95. The highest BCUT2D eigenvalue weighted by Crippen LogP contribution is 2.36. The van der Waals surface area contributed by atoms with E-state index in [1.165, 1.54) is 12.8 Å². The summed E-state index contributed by atoms with van der Waals surface area (Å²) < 4.78 is 0. The van der Waals surface area contributed by atoms with Crippen LogP contribution in [0.15, 0.2) is 0 Å². The lowest BCUT2D eigenvalue weighted by atomic mass is 9.83. The van der Waals surface area contributed by atoms with E-state index in [1.807, 2.05) is 13.8 Å². The number of anilines is 1. The van der Waals surface area contributed by atoms with E-state index in [0.29, 0.717) is 5.41 Å². The summed E-state index contributed by atoms with van der Waals surface area (Å²) in [5, 5.41) is 10.7. The van der Waals surface area contributed by atoms with Crippen LogP contribution >= 0.6 is 11.3 Å². The van der Waals surface area contributed by atoms with E-state index in [1.54, 1.807) is 11.3 Å². The van der Waals surface area contributed by atoms with Gasteiger partial charge in [0.2, 0.25) is 0 Å². The molecule has 1 unspecified atom stereocenters. The Morgan fingerprint density at radius 2 is 1.94 bits per heavy atom. The van der Waals surface area contributed by atoms with Crippen molar-refractivity contribution < 1.29 is 5.11 Å². The molecule has 2 heterocycles. The Morgan fingerprint density at radius 1 is 1.35 bits per heavy atom. The van der Waals surface area contributed by atoms with E-state index in [9.17, 15) is 5.11 Å². The third kappa shape index (κ3) is 2.80. The highest BCUT2D eigenvalue weighted by atomic mass is 32.1. The molecule has 2 rings (SSSR count). The van der Waals surface area contributed by atoms with Crippen LogP contribution in [0.1, 0.15) is 50.3 Å². The van der Waals surface area contributed by atoms with Gasteiger partial charge in [-0.25, -0.2) is 4.98 Å². The van der Waals surface area contributed by atoms with Gasteiger partial charge < -0.3 is 10.0 Å². The monoisotopic (exact) mass is 254 g/mol. The van der Waals surface area contributed by atoms with E-state index < -0.39 is 6.10 Å². The summed E-state index contributed by atoms with van der Waals surface area (Å²) in [7, 11) is 0. The van der Waals surface area contributed by atoms with Crippen LogP contribution in [0.4, 0.5) is 5.13 Å². The number of thiazole rings is 1. The number of aliphatic hydroxyl groups is 1. The first-order valence-electron chi connectivity index (χ1n) is 6.29. The fraction of sp³-hybridized carbons (Fsp3) is 0.769. The lowest BCUT2D eigenvalue weighted by molar-refractivity contribution is 0.202. The third-order valence-electron chi connectivity index (χ3n) is 3.59. The summed E-state index contributed by atoms with van der Waals surface area (Å²) in [6, 6.07) is 0. The zero-order valence-electron chi connectivity index (χ0n) is 11.2. The van der Waals surface area contributed by atoms with E-state index >= 15 is 0 Å². The van der Waals surface area contributed by atoms with Crippen molar-refractivity contribution in [3.8, 4) is 0 Å². The Kier molecular flexibility index (Phi) is 3.46. The second-order valence-electron chi connectivity index (χ2n) is 5.77. The van der Waals surface area contributed by atoms with E-state index in [-0.39, 0.29) is 0 Å². The average molecular weight is 254 g/mol. The van der Waals surface area contributed by atoms with Gasteiger partial charge in [0.1, 0.15) is 0 Å². The molecule has 0 aliphatic carbocycles. The van der Waals surface area contributed by atoms with Gasteiger partial charge >= 0.3 is 0 Å². The maximum absolute atomic E-state index is 9.65. The van der Waals surface area contributed by atoms with Crippen molar-refractivity contribution in [1.82, 2.24) is 4.98 Å². The van der Waals surface area contributed by atoms with Crippen molar-refractivity contribution in [2.45, 2.75) is 46.6 Å². The molecule has 1 aromatic heterocycles. The SMILES string of the molecule is Cc1nc(N2CCC(C)(C)CC2)sc1C(C)O. The van der Waals surface area contributed by atoms with Gasteiger partial charge in [-0.15, -0.1) is 0 Å². The molecule has 1 aliphatic heterocycles. The molecule has 1 aromatic rings. The Hall–Kier alpha value is -0.610. The summed E-state index contributed by atoms with van der Waals surface area (Å²) in [6.07, 6.45) is 2.04. The third-order valence-corrected chi connectivity index (χ3v) is 4.98. The Labute approximate surface area is 107 Å². The quantitative estimate of drug-likeness (QED) is 0.881. The maximum atomic E-state index is 9.65. The molecule has 1 N–H and O–H groups in total. The molecular formula is C13H22N2OS. The normalized spacial score (nSPS) is 21.6. The van der Waals surface area contributed by atoms with Crippen LogP contribution in [-0.4, -0.2) is 23.2 Å². The molecular weight excluding hydrogens is 232 g/mol. The second kappa shape index (κ2) is 4.58. The Morgan fingerprint density at radius 3 is 2.41 bits per heavy atom. The number of piperidine rings is 1. The van der Waals surface area contributed by atoms with Crippen LogP contribution in [0.25, 0.3) is 0 Å². The molecule has 3 nitrogen and oxygen atoms in total. The van der Waals surface area contributed by atoms with Gasteiger partial charge in [-0.3, -0.25) is 0 Å². The van der Waals surface area contributed by atoms with Crippen LogP contribution < -0.4 is 4.90 Å². The lowest BCUT2D eigenvalue weighted by Crippen LogP contribution is -2.37. The van der Waals surface area contributed by atoms with E-state index in [4.69, 9.17) is 0 Å². The van der Waals surface area contributed by atoms with Gasteiger partial charge in [0.05, 0.1) is 16.7 Å². The standard InChI is InChI=1S/C13H22N2OS/c1-9-11(10(2)16)17-12(14-9)15-7-5-13(3,4)6-8-15/h10,16H,5-8H2,1-4H3. The zero-order valence-corrected chi connectivity index (χ0v) is 12.0. The number of aromatic nitrogens is 1. The highest BCUT2D eigenvalue weighted by Gasteiger charge is 2.27. The van der Waals surface area contributed by atoms with Crippen molar-refractivity contribution in [1.29, 1.82) is 0 Å². The number of hydrogen-bond donors (Lipinski definition) is 1. The molecule has 0 spiro atoms. The van der Waals surface area contributed by atoms with Crippen LogP contribution in [0.3, 0.4) is 0 Å². The van der Waals surface area contributed by atoms with Crippen LogP contribution in [0.5, 0.6) is 0 Å². The minimum absolute atomic E-state index is 0.400. The number of nitrogens with zero attached hydrogens (tertiary/aromatic N) is 2. The topological polar surface area (TPSA) is 36.4 Å². The van der Waals surface area contributed by atoms with Gasteiger partial charge in [0, 0.05) is 13.1 Å². The summed E-state index contributed by atoms with van der Waals surface area (Å²) in [5.74, 6) is 0. The Balaban J connectivity index is 2.11. The smallest absolute Gasteiger partial charge is 0.185 e. The minimum atomic E-state index is -0.400. The van der Waals surface area contributed by atoms with Crippen molar-refractivity contribution in [2.75, 3.05) is 18.0 Å². The number of rotatable bonds is 2. The molecule has 4 heteroatoms. The highest BCUT2D eigenvalue weighted by molar-refractivity contribution is 7.15. The molecule has 0 aromatic carbocycles. The predicted molar refractivity (Wildman–Crippen MR) is 72.7 cm³/mol. The Bertz CT molecular complexity index is 388. The molecule has 96 valence electrons. The van der Waals surface area contributed by atoms with Crippen molar-refractivity contribution in [3.05, 3.63) is 10.6 Å². The number of hydrogen-bond acceptors (Lipinski definition) is 4. The van der Waals surface area contributed by atoms with Crippen molar-refractivity contribution in [3.63, 3.8) is 0 Å². The average Bonchev–Trinajstić information content (AvgIpc) is 2.60. The molecule has 1 saturated heterocycles. The van der Waals surface area contributed by atoms with Gasteiger partial charge in [-0.2, -0.15) is 0 Å². The molecule has 17 heavy (non-hydrogen) atoms. The molecule has 1 atom stereocenters. The minimum Gasteiger partial charge on any atom is -0.388 e. The summed E-state index contributed by atoms with van der Waals surface area (Å²) >= 11 is 1.64. The first-order chi connectivity index (χ1) is 7.89. The predicted octanol–water partition coefficient (Wildman–Crippen LogP) is 3.13. The second-order valence-corrected chi connectivity index (χ2v) is 6.78. The van der Waals surface area contributed by atoms with Crippen molar-refractivity contribution in [2.24, 2.45) is 5.41 Å². The zero-order chi connectivity index (χ0) is 12.6. The summed E-state index contributed by atoms with van der Waals surface area (Å²) in [5.41, 5.74) is 1.44. The molecule has 0 radical (unpaired) electrons. The fourth-order valence-electron chi connectivity index (χ4n) is 2.22. The van der Waals surface area contributed by atoms with Gasteiger partial charge in [0.25, 0.3) is 0 Å². The number of aryl methyl sites for hydroxylation is 1. The van der Waals surface area contributed by atoms with Crippen LogP contribution in [0, 0.1) is 12.3 Å². The van der Waals surface area contributed by atoms with Crippen molar-refractivity contribution >= 4 is 16.5 Å². The number of aliphatic hydroxyl groups excluding tert-OH is 1. The molecule has 1 fully saturated rings. The first kappa shape index (κ1) is 12.8. The molecule has 0 bridgehead atoms. The first-order valence-corrected chi connectivity index (χ1v) is 7.11. The molecule has 0 saturated carbocycles. The molecule has 1 aliphatic rings. The van der Waals surface area contributed by atoms with Crippen LogP contribution in [-0.2, 0) is 0 Å². The van der Waals surface area contributed by atoms with Gasteiger partial charge in [-0.1, -0.05) is 25.2 Å². The van der Waals surface area contributed by atoms with E-state index in [0.717, 1.165) is 28.8 Å². The largest absolute Gasteiger partial charge is 0.388 e. The maximum Gasteiger partial charge on any atom is 0.185 e. The van der Waals surface area contributed by atoms with Gasteiger partial charge in [0.15, 0.2) is 5.13 Å². The summed E-state index contributed by atoms with van der Waals surface area (Å²) in [6.45, 7) is 10.6. The van der Waals surface area contributed by atoms with Crippen LogP contribution in [0.2, 0.25) is 0 Å². The fourth-order valence-corrected chi connectivity index (χ4v) is 3.27. The van der Waals surface area contributed by atoms with E-state index in [2.05, 4.69) is 23.7 Å². The lowest BCUT2D eigenvalue weighted by Gasteiger charge is -2.36. The molecule has 0 amide bonds.